The Bertz CT molecular complexity index is 1080. The Balaban J connectivity index is 1.38. The van der Waals surface area contributed by atoms with Gasteiger partial charge >= 0.3 is 0 Å². The number of benzene rings is 1. The van der Waals surface area contributed by atoms with E-state index in [2.05, 4.69) is 49.5 Å². The first-order valence-corrected chi connectivity index (χ1v) is 12.1. The molecule has 168 valence electrons. The van der Waals surface area contributed by atoms with Crippen molar-refractivity contribution in [2.24, 2.45) is 0 Å². The Morgan fingerprint density at radius 3 is 2.34 bits per heavy atom. The number of nitrogens with zero attached hydrogens (tertiary/aromatic N) is 5. The van der Waals surface area contributed by atoms with Crippen LogP contribution in [-0.4, -0.2) is 50.3 Å². The van der Waals surface area contributed by atoms with Gasteiger partial charge in [0.1, 0.15) is 0 Å². The monoisotopic (exact) mass is 450 g/mol. The highest BCUT2D eigenvalue weighted by molar-refractivity contribution is 7.99. The lowest BCUT2D eigenvalue weighted by Gasteiger charge is -2.28. The normalized spacial score (nSPS) is 13.9. The lowest BCUT2D eigenvalue weighted by atomic mass is 10.1. The van der Waals surface area contributed by atoms with Gasteiger partial charge in [0.25, 0.3) is 5.95 Å². The first-order valence-electron chi connectivity index (χ1n) is 11.0. The fraction of sp³-hybridized carbons (Fsp3) is 0.417. The molecule has 32 heavy (non-hydrogen) atoms. The van der Waals surface area contributed by atoms with E-state index in [1.54, 1.807) is 4.68 Å². The van der Waals surface area contributed by atoms with Crippen molar-refractivity contribution >= 4 is 23.4 Å². The van der Waals surface area contributed by atoms with Crippen molar-refractivity contribution in [2.45, 2.75) is 40.7 Å². The van der Waals surface area contributed by atoms with Gasteiger partial charge in [0, 0.05) is 59.5 Å². The molecule has 8 heteroatoms. The number of hydrogen-bond donors (Lipinski definition) is 1. The molecule has 1 aromatic carbocycles. The molecule has 1 N–H and O–H groups in total. The molecule has 0 radical (unpaired) electrons. The maximum Gasteiger partial charge on any atom is 0.251 e. The van der Waals surface area contributed by atoms with Gasteiger partial charge in [-0.1, -0.05) is 12.1 Å². The quantitative estimate of drug-likeness (QED) is 0.621. The third-order valence-corrected chi connectivity index (χ3v) is 6.68. The summed E-state index contributed by atoms with van der Waals surface area (Å²) in [5.74, 6) is 2.89. The fourth-order valence-electron chi connectivity index (χ4n) is 4.00. The van der Waals surface area contributed by atoms with Crippen LogP contribution in [0.4, 0.5) is 5.69 Å². The van der Waals surface area contributed by atoms with E-state index < -0.39 is 0 Å². The topological polar surface area (TPSA) is 75.9 Å². The number of carbonyl (C=O) groups excluding carboxylic acids is 1. The standard InChI is InChI=1S/C24H30N6OS/c1-16-13-17(2)27-24(26-16)30-19(4)22(18(3)28-30)14-23(31)25-15-20-5-7-21(8-6-20)29-9-11-32-12-10-29/h5-8,13H,9-12,14-15H2,1-4H3,(H,25,31). The van der Waals surface area contributed by atoms with Crippen LogP contribution in [0.15, 0.2) is 30.3 Å². The van der Waals surface area contributed by atoms with Gasteiger partial charge in [-0.25, -0.2) is 14.6 Å². The van der Waals surface area contributed by atoms with Crippen molar-refractivity contribution < 1.29 is 4.79 Å². The van der Waals surface area contributed by atoms with Gasteiger partial charge in [-0.2, -0.15) is 16.9 Å². The Labute approximate surface area is 193 Å². The van der Waals surface area contributed by atoms with E-state index in [4.69, 9.17) is 0 Å². The summed E-state index contributed by atoms with van der Waals surface area (Å²) in [5.41, 5.74) is 6.78. The minimum absolute atomic E-state index is 0.0192. The minimum Gasteiger partial charge on any atom is -0.370 e. The van der Waals surface area contributed by atoms with Crippen LogP contribution in [0.1, 0.15) is 33.9 Å². The summed E-state index contributed by atoms with van der Waals surface area (Å²) in [6.07, 6.45) is 0.284. The van der Waals surface area contributed by atoms with Crippen LogP contribution >= 0.6 is 11.8 Å². The predicted molar refractivity (Wildman–Crippen MR) is 130 cm³/mol. The number of aromatic nitrogens is 4. The van der Waals surface area contributed by atoms with E-state index in [1.807, 2.05) is 45.5 Å². The van der Waals surface area contributed by atoms with Gasteiger partial charge in [-0.05, 0) is 51.5 Å². The Kier molecular flexibility index (Phi) is 6.79. The third-order valence-electron chi connectivity index (χ3n) is 5.74. The number of aryl methyl sites for hydroxylation is 3. The smallest absolute Gasteiger partial charge is 0.251 e. The largest absolute Gasteiger partial charge is 0.370 e. The zero-order valence-electron chi connectivity index (χ0n) is 19.2. The molecule has 1 aliphatic rings. The fourth-order valence-corrected chi connectivity index (χ4v) is 4.90. The highest BCUT2D eigenvalue weighted by atomic mass is 32.2. The summed E-state index contributed by atoms with van der Waals surface area (Å²) < 4.78 is 1.73. The summed E-state index contributed by atoms with van der Waals surface area (Å²) in [5, 5.41) is 7.64. The highest BCUT2D eigenvalue weighted by Crippen LogP contribution is 2.20. The molecule has 1 fully saturated rings. The number of hydrogen-bond acceptors (Lipinski definition) is 6. The van der Waals surface area contributed by atoms with Gasteiger partial charge in [0.05, 0.1) is 12.1 Å². The van der Waals surface area contributed by atoms with Crippen LogP contribution in [0.5, 0.6) is 0 Å². The molecule has 3 aromatic rings. The molecule has 0 aliphatic carbocycles. The molecule has 1 aliphatic heterocycles. The molecule has 4 rings (SSSR count). The molecule has 3 heterocycles. The van der Waals surface area contributed by atoms with Gasteiger partial charge in [0.15, 0.2) is 0 Å². The number of rotatable bonds is 6. The average Bonchev–Trinajstić information content (AvgIpc) is 3.06. The summed E-state index contributed by atoms with van der Waals surface area (Å²) >= 11 is 2.01. The second-order valence-corrected chi connectivity index (χ2v) is 9.46. The van der Waals surface area contributed by atoms with Crippen molar-refractivity contribution in [3.8, 4) is 5.95 Å². The molecule has 7 nitrogen and oxygen atoms in total. The van der Waals surface area contributed by atoms with Crippen molar-refractivity contribution in [1.82, 2.24) is 25.1 Å². The first kappa shape index (κ1) is 22.3. The number of carbonyl (C=O) groups is 1. The molecule has 1 saturated heterocycles. The van der Waals surface area contributed by atoms with Gasteiger partial charge in [-0.3, -0.25) is 4.79 Å². The molecule has 0 bridgehead atoms. The maximum absolute atomic E-state index is 12.7. The van der Waals surface area contributed by atoms with Crippen LogP contribution in [-0.2, 0) is 17.8 Å². The maximum atomic E-state index is 12.7. The van der Waals surface area contributed by atoms with E-state index >= 15 is 0 Å². The van der Waals surface area contributed by atoms with E-state index in [9.17, 15) is 4.79 Å². The second-order valence-electron chi connectivity index (χ2n) is 8.23. The van der Waals surface area contributed by atoms with Gasteiger partial charge in [-0.15, -0.1) is 0 Å². The van der Waals surface area contributed by atoms with Crippen LogP contribution < -0.4 is 10.2 Å². The van der Waals surface area contributed by atoms with E-state index in [0.29, 0.717) is 12.5 Å². The number of amides is 1. The Morgan fingerprint density at radius 2 is 1.69 bits per heavy atom. The molecular weight excluding hydrogens is 420 g/mol. The highest BCUT2D eigenvalue weighted by Gasteiger charge is 2.18. The van der Waals surface area contributed by atoms with Crippen molar-refractivity contribution in [3.05, 3.63) is 64.2 Å². The molecule has 0 atom stereocenters. The number of thioether (sulfide) groups is 1. The van der Waals surface area contributed by atoms with Crippen LogP contribution in [0.25, 0.3) is 5.95 Å². The third kappa shape index (κ3) is 5.12. The molecule has 1 amide bonds. The zero-order valence-corrected chi connectivity index (χ0v) is 20.0. The summed E-state index contributed by atoms with van der Waals surface area (Å²) in [6.45, 7) is 10.5. The minimum atomic E-state index is -0.0192. The van der Waals surface area contributed by atoms with Crippen molar-refractivity contribution in [2.75, 3.05) is 29.5 Å². The molecule has 0 saturated carbocycles. The number of nitrogens with one attached hydrogen (secondary N) is 1. The Hall–Kier alpha value is -2.87. The van der Waals surface area contributed by atoms with Gasteiger partial charge < -0.3 is 10.2 Å². The van der Waals surface area contributed by atoms with E-state index in [1.165, 1.54) is 17.2 Å². The summed E-state index contributed by atoms with van der Waals surface area (Å²) in [4.78, 5) is 24.1. The first-order chi connectivity index (χ1) is 15.4. The molecule has 2 aromatic heterocycles. The van der Waals surface area contributed by atoms with Crippen molar-refractivity contribution in [1.29, 1.82) is 0 Å². The van der Waals surface area contributed by atoms with E-state index in [-0.39, 0.29) is 12.3 Å². The summed E-state index contributed by atoms with van der Waals surface area (Å²) in [7, 11) is 0. The van der Waals surface area contributed by atoms with Crippen LogP contribution in [0, 0.1) is 27.7 Å². The zero-order chi connectivity index (χ0) is 22.7. The SMILES string of the molecule is Cc1cc(C)nc(-n2nc(C)c(CC(=O)NCc3ccc(N4CCSCC4)cc3)c2C)n1. The second kappa shape index (κ2) is 9.73. The lowest BCUT2D eigenvalue weighted by Crippen LogP contribution is -2.32. The van der Waals surface area contributed by atoms with Crippen LogP contribution in [0.2, 0.25) is 0 Å². The average molecular weight is 451 g/mol. The van der Waals surface area contributed by atoms with Crippen molar-refractivity contribution in [3.63, 3.8) is 0 Å². The molecule has 0 unspecified atom stereocenters. The van der Waals surface area contributed by atoms with E-state index in [0.717, 1.165) is 47.0 Å². The lowest BCUT2D eigenvalue weighted by molar-refractivity contribution is -0.120. The molecular formula is C24H30N6OS. The molecule has 0 spiro atoms. The predicted octanol–water partition coefficient (Wildman–Crippen LogP) is 3.31. The van der Waals surface area contributed by atoms with Gasteiger partial charge in [0.2, 0.25) is 5.91 Å². The van der Waals surface area contributed by atoms with Crippen LogP contribution in [0.3, 0.4) is 0 Å². The number of anilines is 1. The Morgan fingerprint density at radius 1 is 1.03 bits per heavy atom. The summed E-state index contributed by atoms with van der Waals surface area (Å²) in [6, 6.07) is 10.4.